The van der Waals surface area contributed by atoms with Crippen LogP contribution in [0.1, 0.15) is 32.9 Å². The molecule has 2 rings (SSSR count). The molecule has 0 atom stereocenters. The summed E-state index contributed by atoms with van der Waals surface area (Å²) in [6.07, 6.45) is 2.76. The van der Waals surface area contributed by atoms with Crippen molar-refractivity contribution < 1.29 is 4.79 Å². The van der Waals surface area contributed by atoms with E-state index in [0.717, 1.165) is 40.2 Å². The molecule has 0 unspecified atom stereocenters. The number of nitrogens with zero attached hydrogens (tertiary/aromatic N) is 2. The predicted molar refractivity (Wildman–Crippen MR) is 67.9 cm³/mol. The molecule has 0 aliphatic heterocycles. The molecule has 2 heterocycles. The molecule has 0 saturated heterocycles. The van der Waals surface area contributed by atoms with Crippen molar-refractivity contribution in [1.29, 1.82) is 0 Å². The second kappa shape index (κ2) is 4.17. The summed E-state index contributed by atoms with van der Waals surface area (Å²) in [6, 6.07) is 4.00. The van der Waals surface area contributed by atoms with Crippen molar-refractivity contribution in [2.75, 3.05) is 0 Å². The van der Waals surface area contributed by atoms with Crippen LogP contribution in [0.4, 0.5) is 0 Å². The van der Waals surface area contributed by atoms with Crippen molar-refractivity contribution in [3.8, 4) is 5.82 Å². The van der Waals surface area contributed by atoms with Crippen molar-refractivity contribution in [2.45, 2.75) is 27.7 Å². The van der Waals surface area contributed by atoms with Gasteiger partial charge < -0.3 is 4.57 Å². The summed E-state index contributed by atoms with van der Waals surface area (Å²) in [4.78, 5) is 15.5. The molecule has 0 spiro atoms. The number of hydrogen-bond acceptors (Lipinski definition) is 2. The number of carbonyl (C=O) groups excluding carboxylic acids is 1. The third-order valence-corrected chi connectivity index (χ3v) is 3.25. The third-order valence-electron chi connectivity index (χ3n) is 3.25. The molecule has 0 N–H and O–H groups in total. The molecule has 0 bridgehead atoms. The van der Waals surface area contributed by atoms with Crippen molar-refractivity contribution in [1.82, 2.24) is 9.55 Å². The maximum absolute atomic E-state index is 11.1. The molecule has 0 amide bonds. The Kier molecular flexibility index (Phi) is 2.84. The number of pyridine rings is 1. The van der Waals surface area contributed by atoms with E-state index in [0.29, 0.717) is 0 Å². The first-order valence-electron chi connectivity index (χ1n) is 5.63. The number of rotatable bonds is 2. The first kappa shape index (κ1) is 11.6. The largest absolute Gasteiger partial charge is 0.302 e. The summed E-state index contributed by atoms with van der Waals surface area (Å²) in [7, 11) is 0. The van der Waals surface area contributed by atoms with E-state index in [1.54, 1.807) is 0 Å². The quantitative estimate of drug-likeness (QED) is 0.741. The summed E-state index contributed by atoms with van der Waals surface area (Å²) >= 11 is 0. The van der Waals surface area contributed by atoms with Crippen molar-refractivity contribution in [3.63, 3.8) is 0 Å². The summed E-state index contributed by atoms with van der Waals surface area (Å²) in [5.74, 6) is 0.863. The zero-order chi connectivity index (χ0) is 12.6. The van der Waals surface area contributed by atoms with Gasteiger partial charge in [-0.1, -0.05) is 6.07 Å². The van der Waals surface area contributed by atoms with Gasteiger partial charge in [-0.3, -0.25) is 4.79 Å². The van der Waals surface area contributed by atoms with Gasteiger partial charge in [0.15, 0.2) is 6.29 Å². The Bertz CT molecular complexity index is 565. The maximum atomic E-state index is 11.1. The smallest absolute Gasteiger partial charge is 0.152 e. The number of aromatic nitrogens is 2. The monoisotopic (exact) mass is 228 g/mol. The van der Waals surface area contributed by atoms with Crippen LogP contribution >= 0.6 is 0 Å². The predicted octanol–water partition coefficient (Wildman–Crippen LogP) is 2.92. The zero-order valence-corrected chi connectivity index (χ0v) is 10.6. The lowest BCUT2D eigenvalue weighted by molar-refractivity contribution is 0.112. The number of aryl methyl sites for hydroxylation is 1. The Labute approximate surface area is 101 Å². The van der Waals surface area contributed by atoms with E-state index in [1.807, 2.05) is 50.6 Å². The van der Waals surface area contributed by atoms with Crippen LogP contribution < -0.4 is 0 Å². The van der Waals surface area contributed by atoms with Gasteiger partial charge in [-0.2, -0.15) is 0 Å². The first-order valence-corrected chi connectivity index (χ1v) is 5.63. The van der Waals surface area contributed by atoms with Crippen LogP contribution in [0.3, 0.4) is 0 Å². The normalized spacial score (nSPS) is 10.6. The van der Waals surface area contributed by atoms with Crippen LogP contribution in [0.2, 0.25) is 0 Å². The van der Waals surface area contributed by atoms with Crippen molar-refractivity contribution in [3.05, 3.63) is 46.4 Å². The van der Waals surface area contributed by atoms with E-state index < -0.39 is 0 Å². The molecule has 2 aromatic rings. The summed E-state index contributed by atoms with van der Waals surface area (Å²) in [5.41, 5.74) is 4.95. The van der Waals surface area contributed by atoms with Crippen LogP contribution in [0, 0.1) is 27.7 Å². The molecule has 0 radical (unpaired) electrons. The molecular formula is C14H16N2O. The van der Waals surface area contributed by atoms with E-state index >= 15 is 0 Å². The number of hydrogen-bond donors (Lipinski definition) is 0. The van der Waals surface area contributed by atoms with E-state index in [9.17, 15) is 4.79 Å². The molecular weight excluding hydrogens is 212 g/mol. The maximum Gasteiger partial charge on any atom is 0.152 e. The highest BCUT2D eigenvalue weighted by Crippen LogP contribution is 2.23. The molecule has 3 heteroatoms. The fraction of sp³-hybridized carbons (Fsp3) is 0.286. The Morgan fingerprint density at radius 2 is 1.82 bits per heavy atom. The molecule has 0 saturated carbocycles. The Morgan fingerprint density at radius 1 is 1.12 bits per heavy atom. The minimum atomic E-state index is 0.768. The van der Waals surface area contributed by atoms with Gasteiger partial charge in [-0.25, -0.2) is 4.98 Å². The summed E-state index contributed by atoms with van der Waals surface area (Å²) in [5, 5.41) is 0. The molecule has 0 aliphatic carbocycles. The van der Waals surface area contributed by atoms with Crippen molar-refractivity contribution >= 4 is 6.29 Å². The second-order valence-electron chi connectivity index (χ2n) is 4.36. The second-order valence-corrected chi connectivity index (χ2v) is 4.36. The highest BCUT2D eigenvalue weighted by atomic mass is 16.1. The van der Waals surface area contributed by atoms with Gasteiger partial charge in [0.05, 0.1) is 0 Å². The van der Waals surface area contributed by atoms with Gasteiger partial charge in [0.25, 0.3) is 0 Å². The standard InChI is InChI=1S/C14H16N2O/c1-9-5-6-14(15-7-9)16-11(3)10(2)13(8-17)12(16)4/h5-8H,1-4H3. The Morgan fingerprint density at radius 3 is 2.29 bits per heavy atom. The van der Waals surface area contributed by atoms with Crippen molar-refractivity contribution in [2.24, 2.45) is 0 Å². The summed E-state index contributed by atoms with van der Waals surface area (Å²) < 4.78 is 2.03. The average molecular weight is 228 g/mol. The third kappa shape index (κ3) is 1.78. The zero-order valence-electron chi connectivity index (χ0n) is 10.6. The number of aldehydes is 1. The van der Waals surface area contributed by atoms with E-state index in [4.69, 9.17) is 0 Å². The van der Waals surface area contributed by atoms with Crippen LogP contribution in [0.25, 0.3) is 5.82 Å². The van der Waals surface area contributed by atoms with Gasteiger partial charge in [-0.15, -0.1) is 0 Å². The number of carbonyl (C=O) groups is 1. The van der Waals surface area contributed by atoms with E-state index in [-0.39, 0.29) is 0 Å². The lowest BCUT2D eigenvalue weighted by Crippen LogP contribution is -2.02. The molecule has 0 aliphatic rings. The Balaban J connectivity index is 2.67. The molecule has 88 valence electrons. The van der Waals surface area contributed by atoms with Gasteiger partial charge in [0.2, 0.25) is 0 Å². The van der Waals surface area contributed by atoms with Gasteiger partial charge in [0, 0.05) is 23.1 Å². The van der Waals surface area contributed by atoms with Crippen LogP contribution in [0.15, 0.2) is 18.3 Å². The minimum absolute atomic E-state index is 0.768. The SMILES string of the molecule is Cc1ccc(-n2c(C)c(C)c(C=O)c2C)nc1. The summed E-state index contributed by atoms with van der Waals surface area (Å²) in [6.45, 7) is 7.94. The van der Waals surface area contributed by atoms with E-state index in [2.05, 4.69) is 4.98 Å². The van der Waals surface area contributed by atoms with Gasteiger partial charge in [-0.05, 0) is 44.9 Å². The van der Waals surface area contributed by atoms with Crippen LogP contribution in [0.5, 0.6) is 0 Å². The van der Waals surface area contributed by atoms with Gasteiger partial charge in [0.1, 0.15) is 5.82 Å². The fourth-order valence-electron chi connectivity index (χ4n) is 2.12. The average Bonchev–Trinajstić information content (AvgIpc) is 2.52. The lowest BCUT2D eigenvalue weighted by atomic mass is 10.1. The molecule has 0 fully saturated rings. The minimum Gasteiger partial charge on any atom is -0.302 e. The fourth-order valence-corrected chi connectivity index (χ4v) is 2.12. The first-order chi connectivity index (χ1) is 8.06. The van der Waals surface area contributed by atoms with Crippen LogP contribution in [-0.2, 0) is 0 Å². The molecule has 3 nitrogen and oxygen atoms in total. The lowest BCUT2D eigenvalue weighted by Gasteiger charge is -2.08. The van der Waals surface area contributed by atoms with E-state index in [1.165, 1.54) is 0 Å². The Hall–Kier alpha value is -1.90. The topological polar surface area (TPSA) is 34.9 Å². The molecule has 0 aromatic carbocycles. The van der Waals surface area contributed by atoms with Gasteiger partial charge >= 0.3 is 0 Å². The van der Waals surface area contributed by atoms with Crippen LogP contribution in [-0.4, -0.2) is 15.8 Å². The highest BCUT2D eigenvalue weighted by Gasteiger charge is 2.15. The molecule has 2 aromatic heterocycles. The molecule has 17 heavy (non-hydrogen) atoms. The highest BCUT2D eigenvalue weighted by molar-refractivity contribution is 5.80.